The minimum absolute atomic E-state index is 0.0142. The van der Waals surface area contributed by atoms with E-state index < -0.39 is 0 Å². The van der Waals surface area contributed by atoms with Crippen molar-refractivity contribution in [3.05, 3.63) is 24.3 Å². The number of carbonyl (C=O) groups excluding carboxylic acids is 1. The molecular weight excluding hydrogens is 250 g/mol. The van der Waals surface area contributed by atoms with Crippen LogP contribution in [0.1, 0.15) is 6.92 Å². The summed E-state index contributed by atoms with van der Waals surface area (Å²) < 4.78 is 10.0. The molecule has 0 aliphatic rings. The molecule has 0 saturated heterocycles. The fraction of sp³-hybridized carbons (Fsp3) is 0.462. The third-order valence-electron chi connectivity index (χ3n) is 2.25. The van der Waals surface area contributed by atoms with Gasteiger partial charge in [0.2, 0.25) is 5.91 Å². The summed E-state index contributed by atoms with van der Waals surface area (Å²) in [4.78, 5) is 12.7. The molecule has 0 aliphatic heterocycles. The summed E-state index contributed by atoms with van der Waals surface area (Å²) in [5, 5.41) is 2.86. The molecule has 18 heavy (non-hydrogen) atoms. The van der Waals surface area contributed by atoms with Gasteiger partial charge in [0.05, 0.1) is 19.5 Å². The van der Waals surface area contributed by atoms with Crippen LogP contribution in [0.4, 0.5) is 0 Å². The summed E-state index contributed by atoms with van der Waals surface area (Å²) in [5.74, 6) is 1.23. The zero-order chi connectivity index (χ0) is 13.4. The number of ether oxygens (including phenoxy) is 2. The Morgan fingerprint density at radius 3 is 2.56 bits per heavy atom. The maximum Gasteiger partial charge on any atom is 0.230 e. The van der Waals surface area contributed by atoms with Crippen LogP contribution in [0.2, 0.25) is 0 Å². The lowest BCUT2D eigenvalue weighted by Crippen LogP contribution is -2.36. The Bertz CT molecular complexity index is 367. The highest BCUT2D eigenvalue weighted by molar-refractivity contribution is 8.00. The van der Waals surface area contributed by atoms with Gasteiger partial charge in [-0.2, -0.15) is 0 Å². The third-order valence-corrected chi connectivity index (χ3v) is 3.27. The van der Waals surface area contributed by atoms with Crippen LogP contribution in [0.3, 0.4) is 0 Å². The quantitative estimate of drug-likeness (QED) is 0.769. The molecule has 0 spiro atoms. The molecule has 1 rings (SSSR count). The minimum Gasteiger partial charge on any atom is -0.497 e. The van der Waals surface area contributed by atoms with E-state index in [0.29, 0.717) is 12.4 Å². The molecule has 0 bridgehead atoms. The van der Waals surface area contributed by atoms with Gasteiger partial charge in [0.1, 0.15) is 5.75 Å². The van der Waals surface area contributed by atoms with Crippen molar-refractivity contribution in [3.8, 4) is 5.75 Å². The molecule has 1 atom stereocenters. The first kappa shape index (κ1) is 14.9. The van der Waals surface area contributed by atoms with Crippen molar-refractivity contribution in [2.45, 2.75) is 17.9 Å². The number of hydrogen-bond donors (Lipinski definition) is 1. The first-order valence-corrected chi connectivity index (χ1v) is 6.69. The normalized spacial score (nSPS) is 11.9. The second kappa shape index (κ2) is 8.00. The summed E-state index contributed by atoms with van der Waals surface area (Å²) >= 11 is 1.50. The van der Waals surface area contributed by atoms with Gasteiger partial charge in [0.15, 0.2) is 0 Å². The number of hydrogen-bond acceptors (Lipinski definition) is 4. The number of nitrogens with one attached hydrogen (secondary N) is 1. The van der Waals surface area contributed by atoms with E-state index in [4.69, 9.17) is 9.47 Å². The second-order valence-corrected chi connectivity index (χ2v) is 4.94. The fourth-order valence-corrected chi connectivity index (χ4v) is 2.14. The van der Waals surface area contributed by atoms with Crippen LogP contribution < -0.4 is 10.1 Å². The molecule has 1 aromatic rings. The molecule has 1 unspecified atom stereocenters. The maximum atomic E-state index is 11.6. The van der Waals surface area contributed by atoms with Crippen LogP contribution in [-0.2, 0) is 9.53 Å². The van der Waals surface area contributed by atoms with Gasteiger partial charge >= 0.3 is 0 Å². The predicted molar refractivity (Wildman–Crippen MR) is 73.2 cm³/mol. The van der Waals surface area contributed by atoms with Crippen molar-refractivity contribution in [2.24, 2.45) is 0 Å². The van der Waals surface area contributed by atoms with E-state index in [1.165, 1.54) is 11.8 Å². The van der Waals surface area contributed by atoms with E-state index in [-0.39, 0.29) is 11.9 Å². The molecule has 0 aliphatic carbocycles. The maximum absolute atomic E-state index is 11.6. The van der Waals surface area contributed by atoms with E-state index in [2.05, 4.69) is 5.32 Å². The van der Waals surface area contributed by atoms with Crippen LogP contribution in [-0.4, -0.2) is 38.5 Å². The molecule has 0 heterocycles. The Morgan fingerprint density at radius 1 is 1.33 bits per heavy atom. The Kier molecular flexibility index (Phi) is 6.60. The highest BCUT2D eigenvalue weighted by Gasteiger charge is 2.07. The molecule has 1 N–H and O–H groups in total. The van der Waals surface area contributed by atoms with E-state index in [1.54, 1.807) is 14.2 Å². The van der Waals surface area contributed by atoms with Gasteiger partial charge in [-0.25, -0.2) is 0 Å². The van der Waals surface area contributed by atoms with Crippen LogP contribution in [0.15, 0.2) is 29.2 Å². The monoisotopic (exact) mass is 269 g/mol. The van der Waals surface area contributed by atoms with Crippen molar-refractivity contribution in [1.82, 2.24) is 5.32 Å². The van der Waals surface area contributed by atoms with E-state index in [0.717, 1.165) is 10.6 Å². The first-order chi connectivity index (χ1) is 8.65. The average molecular weight is 269 g/mol. The molecule has 0 aromatic heterocycles. The SMILES string of the molecule is COCC(C)NC(=O)CSc1ccc(OC)cc1. The zero-order valence-electron chi connectivity index (χ0n) is 10.9. The number of rotatable bonds is 7. The molecule has 4 nitrogen and oxygen atoms in total. The van der Waals surface area contributed by atoms with Gasteiger partial charge < -0.3 is 14.8 Å². The van der Waals surface area contributed by atoms with Crippen molar-refractivity contribution >= 4 is 17.7 Å². The van der Waals surface area contributed by atoms with Crippen molar-refractivity contribution in [3.63, 3.8) is 0 Å². The lowest BCUT2D eigenvalue weighted by atomic mass is 10.3. The Morgan fingerprint density at radius 2 is 2.00 bits per heavy atom. The standard InChI is InChI=1S/C13H19NO3S/c1-10(8-16-2)14-13(15)9-18-12-6-4-11(17-3)5-7-12/h4-7,10H,8-9H2,1-3H3,(H,14,15). The van der Waals surface area contributed by atoms with Crippen molar-refractivity contribution in [2.75, 3.05) is 26.6 Å². The summed E-state index contributed by atoms with van der Waals surface area (Å²) in [6.45, 7) is 2.44. The van der Waals surface area contributed by atoms with Gasteiger partial charge in [-0.15, -0.1) is 11.8 Å². The summed E-state index contributed by atoms with van der Waals surface area (Å²) in [6.07, 6.45) is 0. The van der Waals surface area contributed by atoms with Gasteiger partial charge in [-0.3, -0.25) is 4.79 Å². The second-order valence-electron chi connectivity index (χ2n) is 3.89. The smallest absolute Gasteiger partial charge is 0.230 e. The van der Waals surface area contributed by atoms with E-state index >= 15 is 0 Å². The highest BCUT2D eigenvalue weighted by Crippen LogP contribution is 2.20. The Labute approximate surface area is 112 Å². The zero-order valence-corrected chi connectivity index (χ0v) is 11.8. The Hall–Kier alpha value is -1.20. The Balaban J connectivity index is 2.33. The van der Waals surface area contributed by atoms with Crippen LogP contribution in [0, 0.1) is 0 Å². The number of amides is 1. The molecule has 0 saturated carbocycles. The molecular formula is C13H19NO3S. The van der Waals surface area contributed by atoms with Gasteiger partial charge in [0.25, 0.3) is 0 Å². The molecule has 1 amide bonds. The number of methoxy groups -OCH3 is 2. The molecule has 1 aromatic carbocycles. The molecule has 0 radical (unpaired) electrons. The van der Waals surface area contributed by atoms with Gasteiger partial charge in [-0.1, -0.05) is 0 Å². The first-order valence-electron chi connectivity index (χ1n) is 5.71. The summed E-state index contributed by atoms with van der Waals surface area (Å²) in [7, 11) is 3.25. The summed E-state index contributed by atoms with van der Waals surface area (Å²) in [5.41, 5.74) is 0. The third kappa shape index (κ3) is 5.42. The number of carbonyl (C=O) groups is 1. The molecule has 5 heteroatoms. The fourth-order valence-electron chi connectivity index (χ4n) is 1.43. The highest BCUT2D eigenvalue weighted by atomic mass is 32.2. The molecule has 100 valence electrons. The van der Waals surface area contributed by atoms with Gasteiger partial charge in [-0.05, 0) is 31.2 Å². The molecule has 0 fully saturated rings. The van der Waals surface area contributed by atoms with Gasteiger partial charge in [0, 0.05) is 18.0 Å². The van der Waals surface area contributed by atoms with Crippen LogP contribution in [0.25, 0.3) is 0 Å². The predicted octanol–water partition coefficient (Wildman–Crippen LogP) is 1.94. The van der Waals surface area contributed by atoms with E-state index in [9.17, 15) is 4.79 Å². The summed E-state index contributed by atoms with van der Waals surface area (Å²) in [6, 6.07) is 7.69. The van der Waals surface area contributed by atoms with E-state index in [1.807, 2.05) is 31.2 Å². The van der Waals surface area contributed by atoms with Crippen LogP contribution in [0.5, 0.6) is 5.75 Å². The number of thioether (sulfide) groups is 1. The lowest BCUT2D eigenvalue weighted by Gasteiger charge is -2.12. The van der Waals surface area contributed by atoms with Crippen molar-refractivity contribution in [1.29, 1.82) is 0 Å². The van der Waals surface area contributed by atoms with Crippen LogP contribution >= 0.6 is 11.8 Å². The van der Waals surface area contributed by atoms with Crippen molar-refractivity contribution < 1.29 is 14.3 Å². The number of benzene rings is 1. The lowest BCUT2D eigenvalue weighted by molar-refractivity contribution is -0.119. The largest absolute Gasteiger partial charge is 0.497 e. The topological polar surface area (TPSA) is 47.6 Å². The minimum atomic E-state index is 0.0142. The average Bonchev–Trinajstić information content (AvgIpc) is 2.37.